The van der Waals surface area contributed by atoms with Gasteiger partial charge in [0.15, 0.2) is 45.8 Å². The first-order chi connectivity index (χ1) is 65.6. The molecule has 8 aromatic heterocycles. The van der Waals surface area contributed by atoms with E-state index in [-0.39, 0.29) is 70.6 Å². The summed E-state index contributed by atoms with van der Waals surface area (Å²) >= 11 is 3.50. The molecule has 672 valence electrons. The van der Waals surface area contributed by atoms with Crippen molar-refractivity contribution in [1.29, 1.82) is 0 Å². The molecule has 20 heterocycles. The summed E-state index contributed by atoms with van der Waals surface area (Å²) in [6, 6.07) is 65.6. The molecular weight excluding hydrogens is 1750 g/mol. The second kappa shape index (κ2) is 33.6. The number of carbonyl (C=O) groups excluding carboxylic acids is 4. The Labute approximate surface area is 772 Å². The van der Waals surface area contributed by atoms with Crippen LogP contribution in [0.15, 0.2) is 297 Å². The normalized spacial score (nSPS) is 21.0. The highest BCUT2D eigenvalue weighted by atomic mass is 32.2. The Morgan fingerprint density at radius 3 is 0.925 bits per heavy atom. The zero-order valence-corrected chi connectivity index (χ0v) is 73.2. The van der Waals surface area contributed by atoms with Crippen LogP contribution in [-0.2, 0) is 30.5 Å². The van der Waals surface area contributed by atoms with Crippen molar-refractivity contribution in [2.24, 2.45) is 0 Å². The molecule has 26 rings (SSSR count). The predicted molar refractivity (Wildman–Crippen MR) is 495 cm³/mol. The van der Waals surface area contributed by atoms with Gasteiger partial charge in [-0.3, -0.25) is 87.1 Å². The standard InChI is InChI=1S/2C27H22N4O4.2C23H20N4O4S/c2*32-22-11-13-30-25(26(22)33)27(34)29-14-15-35-16-23(29)31(30)24-18-7-2-1-6-17(18)20-10-5-12-28(20)21-9-4-3-8-19(21)24;2*28-17-6-8-26-21(22(17)29)23(30)25-9-10-31-12-19(25)27(26)20-15-5-7-24-11-14(15)13-32-18-4-2-1-3-16(18)20/h2*1-13,23-24,33H,14-16H2;2*1-8,11,19-20,29H,9-10,12-13H2/t23-,24+;;19-,20+;/m1.1./s1. The van der Waals surface area contributed by atoms with Gasteiger partial charge in [-0.2, -0.15) is 0 Å². The number of carbonyl (C=O) groups is 4. The molecule has 0 radical (unpaired) electrons. The first kappa shape index (κ1) is 83.2. The van der Waals surface area contributed by atoms with Crippen molar-refractivity contribution in [2.75, 3.05) is 99.1 Å². The molecule has 4 unspecified atom stereocenters. The maximum Gasteiger partial charge on any atom is 0.278 e. The molecule has 14 aromatic rings. The van der Waals surface area contributed by atoms with Crippen LogP contribution in [0.1, 0.15) is 122 Å². The van der Waals surface area contributed by atoms with Crippen molar-refractivity contribution in [3.8, 4) is 56.9 Å². The maximum atomic E-state index is 13.5. The second-order valence-electron chi connectivity index (χ2n) is 33.9. The number of morpholine rings is 4. The van der Waals surface area contributed by atoms with Gasteiger partial charge < -0.3 is 68.1 Å². The summed E-state index contributed by atoms with van der Waals surface area (Å²) in [4.78, 5) is 121. The Bertz CT molecular complexity index is 6770. The smallest absolute Gasteiger partial charge is 0.278 e. The van der Waals surface area contributed by atoms with Gasteiger partial charge in [0, 0.05) is 156 Å². The average molecular weight is 1830 g/mol. The minimum atomic E-state index is -0.575. The number of thioether (sulfide) groups is 2. The Kier molecular flexibility index (Phi) is 20.8. The molecule has 6 aromatic carbocycles. The van der Waals surface area contributed by atoms with Gasteiger partial charge in [0.1, 0.15) is 36.7 Å². The number of pyridine rings is 6. The molecule has 0 spiro atoms. The van der Waals surface area contributed by atoms with E-state index in [9.17, 15) is 58.8 Å². The van der Waals surface area contributed by atoms with Gasteiger partial charge in [0.2, 0.25) is 21.7 Å². The largest absolute Gasteiger partial charge is 0.502 e. The molecule has 8 atom stereocenters. The molecule has 34 heteroatoms. The number of nitrogens with zero attached hydrogens (tertiary/aromatic N) is 16. The van der Waals surface area contributed by atoms with E-state index in [2.05, 4.69) is 136 Å². The molecule has 0 saturated carbocycles. The van der Waals surface area contributed by atoms with Gasteiger partial charge in [-0.05, 0) is 105 Å². The molecule has 4 N–H and O–H groups in total. The van der Waals surface area contributed by atoms with Crippen molar-refractivity contribution in [3.63, 3.8) is 0 Å². The Morgan fingerprint density at radius 1 is 0.299 bits per heavy atom. The van der Waals surface area contributed by atoms with E-state index < -0.39 is 69.4 Å². The fourth-order valence-electron chi connectivity index (χ4n) is 21.0. The summed E-state index contributed by atoms with van der Waals surface area (Å²) < 4.78 is 34.2. The van der Waals surface area contributed by atoms with E-state index in [1.54, 1.807) is 99.0 Å². The number of amides is 4. The summed E-state index contributed by atoms with van der Waals surface area (Å²) in [6.45, 7) is 4.40. The fraction of sp³-hybridized carbons (Fsp3) is 0.220. The number of hydrogen-bond donors (Lipinski definition) is 4. The van der Waals surface area contributed by atoms with Crippen LogP contribution in [0.25, 0.3) is 33.9 Å². The van der Waals surface area contributed by atoms with Gasteiger partial charge in [0.05, 0.1) is 87.7 Å². The Balaban J connectivity index is 0.000000101. The SMILES string of the molecule is O=C1c2c(O)c(=O)ccn2N(C2c3ccccc3-c3cccn3-c3ccccc32)C2COCCN12.O=C1c2c(O)c(=O)ccn2N(C2c3ccncc3CSc3ccccc32)C2COCCN12.O=C1c2c(O)c(=O)ccn2N([C@H]2c3ccccc3-c3cccn3-c3ccccc32)[C@@H]2COCCN12.O=C1c2c(O)c(=O)ccn2N([C@H]2c3ccncc3CSc3ccccc32)[C@@H]2COCCN12. The van der Waals surface area contributed by atoms with E-state index in [0.29, 0.717) is 79.0 Å². The molecule has 12 aliphatic heterocycles. The van der Waals surface area contributed by atoms with Gasteiger partial charge in [-0.1, -0.05) is 121 Å². The van der Waals surface area contributed by atoms with Gasteiger partial charge in [-0.25, -0.2) is 0 Å². The number of aromatic nitrogens is 8. The van der Waals surface area contributed by atoms with E-state index in [1.165, 1.54) is 24.3 Å². The molecule has 0 bridgehead atoms. The number of para-hydroxylation sites is 2. The molecule has 134 heavy (non-hydrogen) atoms. The Hall–Kier alpha value is -15.2. The lowest BCUT2D eigenvalue weighted by molar-refractivity contribution is -0.0198. The van der Waals surface area contributed by atoms with Crippen molar-refractivity contribution in [1.82, 2.24) is 57.4 Å². The third-order valence-corrected chi connectivity index (χ3v) is 29.2. The van der Waals surface area contributed by atoms with E-state index in [0.717, 1.165) is 111 Å². The highest BCUT2D eigenvalue weighted by Gasteiger charge is 2.52. The van der Waals surface area contributed by atoms with E-state index in [1.807, 2.05) is 109 Å². The molecule has 4 amide bonds. The second-order valence-corrected chi connectivity index (χ2v) is 35.9. The van der Waals surface area contributed by atoms with Crippen molar-refractivity contribution < 1.29 is 58.6 Å². The minimum absolute atomic E-state index is 0.0133. The quantitative estimate of drug-likeness (QED) is 0.127. The van der Waals surface area contributed by atoms with Crippen LogP contribution in [-0.4, -0.2) is 205 Å². The molecular formula is C100H84N16O16S2. The van der Waals surface area contributed by atoms with Crippen LogP contribution in [0.4, 0.5) is 0 Å². The van der Waals surface area contributed by atoms with E-state index >= 15 is 0 Å². The molecule has 4 fully saturated rings. The minimum Gasteiger partial charge on any atom is -0.502 e. The third kappa shape index (κ3) is 13.3. The summed E-state index contributed by atoms with van der Waals surface area (Å²) in [5, 5.41) is 50.9. The molecule has 12 aliphatic rings. The molecule has 4 saturated heterocycles. The first-order valence-electron chi connectivity index (χ1n) is 44.1. The number of hydrogen-bond acceptors (Lipinski definition) is 24. The lowest BCUT2D eigenvalue weighted by atomic mass is 9.92. The lowest BCUT2D eigenvalue weighted by Gasteiger charge is -2.51. The number of rotatable bonds is 4. The van der Waals surface area contributed by atoms with Gasteiger partial charge in [0.25, 0.3) is 23.6 Å². The van der Waals surface area contributed by atoms with Gasteiger partial charge >= 0.3 is 0 Å². The number of ether oxygens (including phenoxy) is 4. The highest BCUT2D eigenvalue weighted by Crippen LogP contribution is 2.51. The molecule has 32 nitrogen and oxygen atoms in total. The monoisotopic (exact) mass is 1830 g/mol. The zero-order chi connectivity index (χ0) is 91.0. The van der Waals surface area contributed by atoms with E-state index in [4.69, 9.17) is 18.9 Å². The van der Waals surface area contributed by atoms with Crippen molar-refractivity contribution >= 4 is 47.2 Å². The van der Waals surface area contributed by atoms with Crippen LogP contribution in [0, 0.1) is 0 Å². The van der Waals surface area contributed by atoms with Crippen molar-refractivity contribution in [3.05, 3.63) is 388 Å². The highest BCUT2D eigenvalue weighted by molar-refractivity contribution is 7.98. The van der Waals surface area contributed by atoms with Crippen LogP contribution in [0.5, 0.6) is 23.0 Å². The summed E-state index contributed by atoms with van der Waals surface area (Å²) in [5.41, 5.74) is 14.7. The van der Waals surface area contributed by atoms with Crippen molar-refractivity contribution in [2.45, 2.75) is 70.1 Å². The topological polar surface area (TPSA) is 336 Å². The summed E-state index contributed by atoms with van der Waals surface area (Å²) in [7, 11) is 0. The van der Waals surface area contributed by atoms with Gasteiger partial charge in [-0.15, -0.1) is 23.5 Å². The van der Waals surface area contributed by atoms with Crippen LogP contribution < -0.4 is 41.8 Å². The number of fused-ring (bicyclic) bond motifs is 22. The summed E-state index contributed by atoms with van der Waals surface area (Å²) in [5.74, 6) is -2.04. The van der Waals surface area contributed by atoms with Crippen LogP contribution in [0.2, 0.25) is 0 Å². The number of aromatic hydroxyl groups is 4. The zero-order valence-electron chi connectivity index (χ0n) is 71.6. The summed E-state index contributed by atoms with van der Waals surface area (Å²) in [6.07, 6.45) is 16.1. The number of benzene rings is 6. The fourth-order valence-corrected chi connectivity index (χ4v) is 23.2. The Morgan fingerprint density at radius 2 is 0.590 bits per heavy atom. The predicted octanol–water partition coefficient (Wildman–Crippen LogP) is 9.92. The first-order valence-corrected chi connectivity index (χ1v) is 46.1. The third-order valence-electron chi connectivity index (χ3n) is 27.0. The molecule has 0 aliphatic carbocycles. The lowest BCUT2D eigenvalue weighted by Crippen LogP contribution is -2.66. The van der Waals surface area contributed by atoms with Crippen LogP contribution in [0.3, 0.4) is 0 Å². The average Bonchev–Trinajstić information content (AvgIpc) is 1.38. The van der Waals surface area contributed by atoms with Crippen LogP contribution >= 0.6 is 23.5 Å². The maximum absolute atomic E-state index is 13.5.